The molecule has 1 N–H and O–H groups in total. The Balaban J connectivity index is 2.12. The number of para-hydroxylation sites is 1. The van der Waals surface area contributed by atoms with Crippen LogP contribution in [0.1, 0.15) is 5.56 Å². The maximum Gasteiger partial charge on any atom is 0.228 e. The zero-order chi connectivity index (χ0) is 13.8. The predicted molar refractivity (Wildman–Crippen MR) is 75.2 cm³/mol. The highest BCUT2D eigenvalue weighted by atomic mass is 35.5. The van der Waals surface area contributed by atoms with E-state index in [4.69, 9.17) is 23.2 Å². The maximum absolute atomic E-state index is 13.4. The monoisotopic (exact) mass is 297 g/mol. The molecular formula is C14H10Cl2FNO. The average Bonchev–Trinajstić information content (AvgIpc) is 2.37. The van der Waals surface area contributed by atoms with E-state index < -0.39 is 5.82 Å². The van der Waals surface area contributed by atoms with Crippen LogP contribution in [-0.2, 0) is 11.2 Å². The topological polar surface area (TPSA) is 29.1 Å². The summed E-state index contributed by atoms with van der Waals surface area (Å²) < 4.78 is 13.4. The molecule has 0 aliphatic heterocycles. The number of carbonyl (C=O) groups excluding carboxylic acids is 1. The molecule has 2 nitrogen and oxygen atoms in total. The number of nitrogens with one attached hydrogen (secondary N) is 1. The van der Waals surface area contributed by atoms with E-state index >= 15 is 0 Å². The Labute approximate surface area is 120 Å². The minimum Gasteiger partial charge on any atom is -0.323 e. The number of amides is 1. The molecule has 2 aromatic rings. The van der Waals surface area contributed by atoms with Crippen molar-refractivity contribution in [2.24, 2.45) is 0 Å². The summed E-state index contributed by atoms with van der Waals surface area (Å²) in [5, 5.41) is 3.27. The lowest BCUT2D eigenvalue weighted by Gasteiger charge is -2.09. The minimum absolute atomic E-state index is 0.0752. The van der Waals surface area contributed by atoms with Crippen molar-refractivity contribution in [3.05, 3.63) is 63.9 Å². The molecule has 0 aliphatic rings. The first-order valence-electron chi connectivity index (χ1n) is 5.55. The third kappa shape index (κ3) is 3.46. The minimum atomic E-state index is -0.414. The quantitative estimate of drug-likeness (QED) is 0.898. The Morgan fingerprint density at radius 2 is 1.68 bits per heavy atom. The van der Waals surface area contributed by atoms with E-state index in [2.05, 4.69) is 5.32 Å². The fourth-order valence-electron chi connectivity index (χ4n) is 1.62. The highest BCUT2D eigenvalue weighted by Gasteiger charge is 2.11. The van der Waals surface area contributed by atoms with Crippen molar-refractivity contribution in [1.82, 2.24) is 0 Å². The molecular weight excluding hydrogens is 288 g/mol. The summed E-state index contributed by atoms with van der Waals surface area (Å²) in [6.45, 7) is 0. The average molecular weight is 298 g/mol. The summed E-state index contributed by atoms with van der Waals surface area (Å²) >= 11 is 11.9. The van der Waals surface area contributed by atoms with Gasteiger partial charge < -0.3 is 5.32 Å². The Morgan fingerprint density at radius 3 is 2.32 bits per heavy atom. The highest BCUT2D eigenvalue weighted by molar-refractivity contribution is 6.39. The van der Waals surface area contributed by atoms with E-state index in [0.717, 1.165) is 0 Å². The van der Waals surface area contributed by atoms with Crippen LogP contribution in [0.5, 0.6) is 0 Å². The molecule has 2 aromatic carbocycles. The zero-order valence-corrected chi connectivity index (χ0v) is 11.3. The Bertz CT molecular complexity index is 596. The molecule has 0 saturated heterocycles. The number of anilines is 1. The van der Waals surface area contributed by atoms with Crippen LogP contribution in [-0.4, -0.2) is 5.91 Å². The van der Waals surface area contributed by atoms with E-state index in [1.165, 1.54) is 6.07 Å². The van der Waals surface area contributed by atoms with Gasteiger partial charge in [0.2, 0.25) is 5.91 Å². The molecule has 0 atom stereocenters. The third-order valence-electron chi connectivity index (χ3n) is 2.54. The van der Waals surface area contributed by atoms with Gasteiger partial charge in [-0.25, -0.2) is 4.39 Å². The van der Waals surface area contributed by atoms with Crippen molar-refractivity contribution in [1.29, 1.82) is 0 Å². The van der Waals surface area contributed by atoms with Crippen molar-refractivity contribution in [2.45, 2.75) is 6.42 Å². The molecule has 0 spiro atoms. The van der Waals surface area contributed by atoms with Gasteiger partial charge in [0.1, 0.15) is 5.82 Å². The van der Waals surface area contributed by atoms with Gasteiger partial charge in [-0.15, -0.1) is 0 Å². The summed E-state index contributed by atoms with van der Waals surface area (Å²) in [5.74, 6) is -0.789. The maximum atomic E-state index is 13.4. The molecule has 0 unspecified atom stereocenters. The van der Waals surface area contributed by atoms with Gasteiger partial charge in [-0.05, 0) is 23.8 Å². The number of halogens is 3. The highest BCUT2D eigenvalue weighted by Crippen LogP contribution is 2.29. The van der Waals surface area contributed by atoms with Gasteiger partial charge in [-0.3, -0.25) is 4.79 Å². The molecule has 0 radical (unpaired) electrons. The molecule has 19 heavy (non-hydrogen) atoms. The van der Waals surface area contributed by atoms with E-state index in [-0.39, 0.29) is 12.3 Å². The van der Waals surface area contributed by atoms with E-state index in [1.807, 2.05) is 0 Å². The summed E-state index contributed by atoms with van der Waals surface area (Å²) in [5.41, 5.74) is 0.662. The molecule has 2 rings (SSSR count). The SMILES string of the molecule is O=C(Cc1ccccc1F)Nc1c(Cl)cccc1Cl. The molecule has 98 valence electrons. The van der Waals surface area contributed by atoms with Crippen molar-refractivity contribution >= 4 is 34.8 Å². The zero-order valence-electron chi connectivity index (χ0n) is 9.79. The summed E-state index contributed by atoms with van der Waals surface area (Å²) in [6.07, 6.45) is -0.0752. The van der Waals surface area contributed by atoms with Crippen LogP contribution in [0.2, 0.25) is 10.0 Å². The van der Waals surface area contributed by atoms with Crippen LogP contribution in [0, 0.1) is 5.82 Å². The van der Waals surface area contributed by atoms with Gasteiger partial charge in [-0.2, -0.15) is 0 Å². The van der Waals surface area contributed by atoms with E-state index in [9.17, 15) is 9.18 Å². The Kier molecular flexibility index (Phi) is 4.40. The lowest BCUT2D eigenvalue weighted by Crippen LogP contribution is -2.15. The van der Waals surface area contributed by atoms with Crippen molar-refractivity contribution in [3.8, 4) is 0 Å². The summed E-state index contributed by atoms with van der Waals surface area (Å²) in [4.78, 5) is 11.8. The number of hydrogen-bond acceptors (Lipinski definition) is 1. The van der Waals surface area contributed by atoms with Gasteiger partial charge in [0.15, 0.2) is 0 Å². The molecule has 0 bridgehead atoms. The molecule has 0 aliphatic carbocycles. The third-order valence-corrected chi connectivity index (χ3v) is 3.17. The second-order valence-electron chi connectivity index (χ2n) is 3.91. The summed E-state index contributed by atoms with van der Waals surface area (Å²) in [7, 11) is 0. The molecule has 0 fully saturated rings. The number of rotatable bonds is 3. The second kappa shape index (κ2) is 6.04. The van der Waals surface area contributed by atoms with Crippen LogP contribution in [0.25, 0.3) is 0 Å². The normalized spacial score (nSPS) is 10.3. The van der Waals surface area contributed by atoms with Crippen molar-refractivity contribution in [3.63, 3.8) is 0 Å². The van der Waals surface area contributed by atoms with E-state index in [1.54, 1.807) is 36.4 Å². The van der Waals surface area contributed by atoms with Gasteiger partial charge >= 0.3 is 0 Å². The fourth-order valence-corrected chi connectivity index (χ4v) is 2.11. The fraction of sp³-hybridized carbons (Fsp3) is 0.0714. The van der Waals surface area contributed by atoms with Crippen LogP contribution in [0.15, 0.2) is 42.5 Å². The van der Waals surface area contributed by atoms with Gasteiger partial charge in [-0.1, -0.05) is 47.5 Å². The molecule has 0 aromatic heterocycles. The Hall–Kier alpha value is -1.58. The largest absolute Gasteiger partial charge is 0.323 e. The van der Waals surface area contributed by atoms with Crippen LogP contribution in [0.3, 0.4) is 0 Å². The lowest BCUT2D eigenvalue weighted by atomic mass is 10.1. The molecule has 0 heterocycles. The van der Waals surface area contributed by atoms with Crippen molar-refractivity contribution in [2.75, 3.05) is 5.32 Å². The molecule has 1 amide bonds. The molecule has 0 saturated carbocycles. The number of hydrogen-bond donors (Lipinski definition) is 1. The van der Waals surface area contributed by atoms with Gasteiger partial charge in [0.25, 0.3) is 0 Å². The molecule has 5 heteroatoms. The number of benzene rings is 2. The van der Waals surface area contributed by atoms with Crippen LogP contribution >= 0.6 is 23.2 Å². The van der Waals surface area contributed by atoms with E-state index in [0.29, 0.717) is 21.3 Å². The lowest BCUT2D eigenvalue weighted by molar-refractivity contribution is -0.115. The predicted octanol–water partition coefficient (Wildman–Crippen LogP) is 4.31. The first-order chi connectivity index (χ1) is 9.08. The first kappa shape index (κ1) is 13.8. The smallest absolute Gasteiger partial charge is 0.228 e. The summed E-state index contributed by atoms with van der Waals surface area (Å²) in [6, 6.07) is 11.0. The first-order valence-corrected chi connectivity index (χ1v) is 6.31. The van der Waals surface area contributed by atoms with Crippen LogP contribution in [0.4, 0.5) is 10.1 Å². The second-order valence-corrected chi connectivity index (χ2v) is 4.73. The number of carbonyl (C=O) groups is 1. The van der Waals surface area contributed by atoms with Gasteiger partial charge in [0, 0.05) is 0 Å². The van der Waals surface area contributed by atoms with Crippen LogP contribution < -0.4 is 5.32 Å². The Morgan fingerprint density at radius 1 is 1.05 bits per heavy atom. The standard InChI is InChI=1S/C14H10Cl2FNO/c15-10-5-3-6-11(16)14(10)18-13(19)8-9-4-1-2-7-12(9)17/h1-7H,8H2,(H,18,19). The van der Waals surface area contributed by atoms with Crippen molar-refractivity contribution < 1.29 is 9.18 Å². The van der Waals surface area contributed by atoms with Gasteiger partial charge in [0.05, 0.1) is 22.2 Å².